The fourth-order valence-corrected chi connectivity index (χ4v) is 1.43. The molecule has 0 saturated heterocycles. The van der Waals surface area contributed by atoms with Crippen molar-refractivity contribution in [3.05, 3.63) is 29.8 Å². The topological polar surface area (TPSA) is 64.3 Å². The second kappa shape index (κ2) is 6.85. The normalized spacial score (nSPS) is 9.71. The second-order valence-electron chi connectivity index (χ2n) is 3.40. The molecule has 0 unspecified atom stereocenters. The summed E-state index contributed by atoms with van der Waals surface area (Å²) in [7, 11) is 0. The van der Waals surface area contributed by atoms with Crippen LogP contribution in [0.2, 0.25) is 0 Å². The van der Waals surface area contributed by atoms with E-state index in [1.165, 1.54) is 0 Å². The predicted octanol–water partition coefficient (Wildman–Crippen LogP) is 1.49. The Hall–Kier alpha value is -1.62. The minimum Gasteiger partial charge on any atom is -0.493 e. The first-order chi connectivity index (χ1) is 8.15. The number of thiocarbonyl (C=S) groups is 1. The van der Waals surface area contributed by atoms with Crippen LogP contribution in [0.3, 0.4) is 0 Å². The van der Waals surface area contributed by atoms with Gasteiger partial charge in [0, 0.05) is 13.0 Å². The Bertz CT molecular complexity index is 407. The highest BCUT2D eigenvalue weighted by molar-refractivity contribution is 7.80. The number of hydrogen-bond donors (Lipinski definition) is 2. The number of amides is 1. The molecule has 0 aliphatic heterocycles. The van der Waals surface area contributed by atoms with Crippen LogP contribution in [-0.4, -0.2) is 24.0 Å². The average molecular weight is 252 g/mol. The van der Waals surface area contributed by atoms with E-state index in [0.29, 0.717) is 35.9 Å². The maximum atomic E-state index is 11.8. The zero-order chi connectivity index (χ0) is 12.7. The summed E-state index contributed by atoms with van der Waals surface area (Å²) in [5.74, 6) is 0.410. The monoisotopic (exact) mass is 252 g/mol. The van der Waals surface area contributed by atoms with Crippen LogP contribution >= 0.6 is 12.2 Å². The average Bonchev–Trinajstić information content (AvgIpc) is 2.29. The number of carbonyl (C=O) groups excluding carboxylic acids is 1. The third kappa shape index (κ3) is 4.40. The van der Waals surface area contributed by atoms with Gasteiger partial charge in [-0.15, -0.1) is 0 Å². The van der Waals surface area contributed by atoms with Gasteiger partial charge in [-0.25, -0.2) is 0 Å². The zero-order valence-electron chi connectivity index (χ0n) is 9.73. The van der Waals surface area contributed by atoms with Gasteiger partial charge in [-0.3, -0.25) is 4.79 Å². The molecule has 1 amide bonds. The van der Waals surface area contributed by atoms with E-state index < -0.39 is 0 Å². The van der Waals surface area contributed by atoms with Crippen LogP contribution in [0.15, 0.2) is 24.3 Å². The molecule has 0 aliphatic rings. The van der Waals surface area contributed by atoms with Gasteiger partial charge in [0.25, 0.3) is 5.91 Å². The molecule has 0 fully saturated rings. The maximum Gasteiger partial charge on any atom is 0.255 e. The van der Waals surface area contributed by atoms with Gasteiger partial charge in [0.05, 0.1) is 17.2 Å². The number of rotatable bonds is 6. The molecular formula is C12H16N2O2S. The lowest BCUT2D eigenvalue weighted by atomic mass is 10.2. The largest absolute Gasteiger partial charge is 0.493 e. The van der Waals surface area contributed by atoms with Gasteiger partial charge >= 0.3 is 0 Å². The van der Waals surface area contributed by atoms with E-state index in [2.05, 4.69) is 5.32 Å². The van der Waals surface area contributed by atoms with Crippen LogP contribution in [0.4, 0.5) is 0 Å². The minimum absolute atomic E-state index is 0.176. The number of carbonyl (C=O) groups is 1. The van der Waals surface area contributed by atoms with E-state index in [0.717, 1.165) is 0 Å². The fraction of sp³-hybridized carbons (Fsp3) is 0.333. The van der Waals surface area contributed by atoms with Crippen molar-refractivity contribution in [2.45, 2.75) is 13.3 Å². The second-order valence-corrected chi connectivity index (χ2v) is 3.93. The summed E-state index contributed by atoms with van der Waals surface area (Å²) in [4.78, 5) is 12.2. The van der Waals surface area contributed by atoms with Gasteiger partial charge < -0.3 is 15.8 Å². The first-order valence-electron chi connectivity index (χ1n) is 5.43. The molecule has 4 nitrogen and oxygen atoms in total. The van der Waals surface area contributed by atoms with E-state index in [4.69, 9.17) is 22.7 Å². The number of nitrogens with two attached hydrogens (primary N) is 1. The van der Waals surface area contributed by atoms with Crippen LogP contribution in [0.25, 0.3) is 0 Å². The Labute approximate surface area is 106 Å². The van der Waals surface area contributed by atoms with Gasteiger partial charge in [-0.1, -0.05) is 24.4 Å². The molecule has 0 aliphatic carbocycles. The zero-order valence-corrected chi connectivity index (χ0v) is 10.5. The Morgan fingerprint density at radius 1 is 1.47 bits per heavy atom. The highest BCUT2D eigenvalue weighted by atomic mass is 32.1. The van der Waals surface area contributed by atoms with Gasteiger partial charge in [-0.05, 0) is 19.1 Å². The molecule has 0 spiro atoms. The first kappa shape index (κ1) is 13.4. The van der Waals surface area contributed by atoms with Gasteiger partial charge in [0.15, 0.2) is 0 Å². The molecule has 5 heteroatoms. The van der Waals surface area contributed by atoms with Crippen LogP contribution in [0.1, 0.15) is 23.7 Å². The van der Waals surface area contributed by atoms with Crippen molar-refractivity contribution in [3.8, 4) is 5.75 Å². The molecule has 92 valence electrons. The predicted molar refractivity (Wildman–Crippen MR) is 71.3 cm³/mol. The van der Waals surface area contributed by atoms with Gasteiger partial charge in [-0.2, -0.15) is 0 Å². The SMILES string of the molecule is CCOc1ccccc1C(=O)NCCC(N)=S. The molecule has 17 heavy (non-hydrogen) atoms. The van der Waals surface area contributed by atoms with Crippen LogP contribution < -0.4 is 15.8 Å². The van der Waals surface area contributed by atoms with Crippen LogP contribution in [0, 0.1) is 0 Å². The summed E-state index contributed by atoms with van der Waals surface area (Å²) in [6.07, 6.45) is 0.498. The molecular weight excluding hydrogens is 236 g/mol. The van der Waals surface area contributed by atoms with E-state index in [1.54, 1.807) is 18.2 Å². The smallest absolute Gasteiger partial charge is 0.255 e. The van der Waals surface area contributed by atoms with Crippen LogP contribution in [0.5, 0.6) is 5.75 Å². The van der Waals surface area contributed by atoms with E-state index in [9.17, 15) is 4.79 Å². The lowest BCUT2D eigenvalue weighted by Crippen LogP contribution is -2.27. The van der Waals surface area contributed by atoms with Crippen molar-refractivity contribution < 1.29 is 9.53 Å². The standard InChI is InChI=1S/C12H16N2O2S/c1-2-16-10-6-4-3-5-9(10)12(15)14-8-7-11(13)17/h3-6H,2,7-8H2,1H3,(H2,13,17)(H,14,15). The third-order valence-electron chi connectivity index (χ3n) is 2.09. The Kier molecular flexibility index (Phi) is 5.42. The molecule has 0 aromatic heterocycles. The Balaban J connectivity index is 2.64. The summed E-state index contributed by atoms with van der Waals surface area (Å²) in [5.41, 5.74) is 5.88. The van der Waals surface area contributed by atoms with Gasteiger partial charge in [0.1, 0.15) is 5.75 Å². The maximum absolute atomic E-state index is 11.8. The number of ether oxygens (including phenoxy) is 1. The molecule has 0 saturated carbocycles. The lowest BCUT2D eigenvalue weighted by molar-refractivity contribution is 0.0951. The summed E-state index contributed by atoms with van der Waals surface area (Å²) >= 11 is 4.73. The molecule has 1 aromatic carbocycles. The van der Waals surface area contributed by atoms with Crippen LogP contribution in [-0.2, 0) is 0 Å². The Morgan fingerprint density at radius 2 is 2.18 bits per heavy atom. The summed E-state index contributed by atoms with van der Waals surface area (Å²) in [6.45, 7) is 2.84. The molecule has 0 radical (unpaired) electrons. The quantitative estimate of drug-likeness (QED) is 0.753. The fourth-order valence-electron chi connectivity index (χ4n) is 1.33. The van der Waals surface area contributed by atoms with E-state index in [1.807, 2.05) is 13.0 Å². The highest BCUT2D eigenvalue weighted by Gasteiger charge is 2.10. The van der Waals surface area contributed by atoms with Crippen molar-refractivity contribution in [2.24, 2.45) is 5.73 Å². The molecule has 1 aromatic rings. The molecule has 0 bridgehead atoms. The van der Waals surface area contributed by atoms with E-state index >= 15 is 0 Å². The summed E-state index contributed by atoms with van der Waals surface area (Å²) in [6, 6.07) is 7.12. The van der Waals surface area contributed by atoms with Crippen molar-refractivity contribution in [1.29, 1.82) is 0 Å². The first-order valence-corrected chi connectivity index (χ1v) is 5.84. The summed E-state index contributed by atoms with van der Waals surface area (Å²) in [5, 5.41) is 2.74. The number of benzene rings is 1. The Morgan fingerprint density at radius 3 is 2.82 bits per heavy atom. The number of para-hydroxylation sites is 1. The van der Waals surface area contributed by atoms with Crippen molar-refractivity contribution in [3.63, 3.8) is 0 Å². The molecule has 0 atom stereocenters. The third-order valence-corrected chi connectivity index (χ3v) is 2.29. The van der Waals surface area contributed by atoms with Crippen molar-refractivity contribution in [2.75, 3.05) is 13.2 Å². The number of hydrogen-bond acceptors (Lipinski definition) is 3. The molecule has 1 rings (SSSR count). The highest BCUT2D eigenvalue weighted by Crippen LogP contribution is 2.17. The molecule has 0 heterocycles. The van der Waals surface area contributed by atoms with Crippen molar-refractivity contribution in [1.82, 2.24) is 5.32 Å². The molecule has 3 N–H and O–H groups in total. The minimum atomic E-state index is -0.176. The number of nitrogens with one attached hydrogen (secondary N) is 1. The lowest BCUT2D eigenvalue weighted by Gasteiger charge is -2.10. The van der Waals surface area contributed by atoms with Gasteiger partial charge in [0.2, 0.25) is 0 Å². The summed E-state index contributed by atoms with van der Waals surface area (Å²) < 4.78 is 5.37. The van der Waals surface area contributed by atoms with E-state index in [-0.39, 0.29) is 5.91 Å². The van der Waals surface area contributed by atoms with Crippen molar-refractivity contribution >= 4 is 23.1 Å².